The van der Waals surface area contributed by atoms with Crippen molar-refractivity contribution < 1.29 is 14.0 Å². The molecule has 1 aliphatic carbocycles. The molecule has 134 valence electrons. The van der Waals surface area contributed by atoms with Crippen LogP contribution in [0.5, 0.6) is 0 Å². The average molecular weight is 345 g/mol. The summed E-state index contributed by atoms with van der Waals surface area (Å²) in [5.41, 5.74) is 0.592. The highest BCUT2D eigenvalue weighted by Crippen LogP contribution is 2.42. The van der Waals surface area contributed by atoms with Crippen LogP contribution in [-0.2, 0) is 16.1 Å². The first-order valence-electron chi connectivity index (χ1n) is 9.18. The number of aromatic nitrogens is 1. The van der Waals surface area contributed by atoms with Gasteiger partial charge in [-0.1, -0.05) is 6.07 Å². The quantitative estimate of drug-likeness (QED) is 0.844. The van der Waals surface area contributed by atoms with Gasteiger partial charge in [0.15, 0.2) is 0 Å². The molecule has 25 heavy (non-hydrogen) atoms. The topological polar surface area (TPSA) is 53.5 Å². The van der Waals surface area contributed by atoms with Crippen molar-refractivity contribution in [1.29, 1.82) is 0 Å². The second-order valence-corrected chi connectivity index (χ2v) is 7.75. The van der Waals surface area contributed by atoms with Crippen LogP contribution in [0.25, 0.3) is 0 Å². The molecule has 5 nitrogen and oxygen atoms in total. The molecule has 0 N–H and O–H groups in total. The summed E-state index contributed by atoms with van der Waals surface area (Å²) >= 11 is 0. The van der Waals surface area contributed by atoms with Crippen molar-refractivity contribution in [2.45, 2.75) is 44.8 Å². The third-order valence-electron chi connectivity index (χ3n) is 6.02. The van der Waals surface area contributed by atoms with Gasteiger partial charge in [-0.3, -0.25) is 14.6 Å². The van der Waals surface area contributed by atoms with Crippen LogP contribution >= 0.6 is 0 Å². The molecule has 0 aromatic carbocycles. The van der Waals surface area contributed by atoms with E-state index in [1.807, 2.05) is 21.9 Å². The molecule has 1 saturated carbocycles. The number of likely N-dealkylation sites (tertiary alicyclic amines) is 2. The van der Waals surface area contributed by atoms with Gasteiger partial charge in [0.1, 0.15) is 6.17 Å². The largest absolute Gasteiger partial charge is 0.341 e. The number of alkyl halides is 1. The number of amides is 2. The van der Waals surface area contributed by atoms with Crippen LogP contribution in [0, 0.1) is 11.3 Å². The SMILES string of the molecule is O=C(C1CC(F)C1)N1CCCC2(CCN(Cc3cccnc3)C2=O)C1. The van der Waals surface area contributed by atoms with Crippen LogP contribution < -0.4 is 0 Å². The predicted molar refractivity (Wildman–Crippen MR) is 90.1 cm³/mol. The fraction of sp³-hybridized carbons (Fsp3) is 0.632. The third kappa shape index (κ3) is 3.02. The summed E-state index contributed by atoms with van der Waals surface area (Å²) in [6.07, 6.45) is 5.89. The molecule has 2 aliphatic heterocycles. The number of piperidine rings is 1. The Morgan fingerprint density at radius 2 is 2.16 bits per heavy atom. The van der Waals surface area contributed by atoms with Gasteiger partial charge in [0.05, 0.1) is 5.41 Å². The van der Waals surface area contributed by atoms with Crippen molar-refractivity contribution >= 4 is 11.8 Å². The van der Waals surface area contributed by atoms with Gasteiger partial charge in [-0.15, -0.1) is 0 Å². The molecule has 1 aromatic heterocycles. The molecule has 1 unspecified atom stereocenters. The lowest BCUT2D eigenvalue weighted by Gasteiger charge is -2.42. The number of pyridine rings is 1. The zero-order chi connectivity index (χ0) is 17.4. The summed E-state index contributed by atoms with van der Waals surface area (Å²) in [4.78, 5) is 33.5. The van der Waals surface area contributed by atoms with Crippen LogP contribution in [0.2, 0.25) is 0 Å². The zero-order valence-electron chi connectivity index (χ0n) is 14.4. The number of halogens is 1. The van der Waals surface area contributed by atoms with Crippen molar-refractivity contribution in [2.75, 3.05) is 19.6 Å². The van der Waals surface area contributed by atoms with Gasteiger partial charge in [-0.25, -0.2) is 4.39 Å². The molecule has 0 radical (unpaired) electrons. The standard InChI is InChI=1S/C19H24FN3O2/c20-16-9-15(10-16)17(24)23-7-2-4-19(13-23)5-8-22(18(19)25)12-14-3-1-6-21-11-14/h1,3,6,11,15-16H,2,4-5,7-10,12-13H2. The van der Waals surface area contributed by atoms with E-state index in [-0.39, 0.29) is 17.7 Å². The number of hydrogen-bond donors (Lipinski definition) is 0. The average Bonchev–Trinajstić information content (AvgIpc) is 2.89. The highest BCUT2D eigenvalue weighted by molar-refractivity contribution is 5.87. The Bertz CT molecular complexity index is 662. The van der Waals surface area contributed by atoms with Crippen molar-refractivity contribution in [2.24, 2.45) is 11.3 Å². The molecular weight excluding hydrogens is 321 g/mol. The Balaban J connectivity index is 1.43. The van der Waals surface area contributed by atoms with Gasteiger partial charge in [0, 0.05) is 44.5 Å². The van der Waals surface area contributed by atoms with Gasteiger partial charge < -0.3 is 9.80 Å². The minimum Gasteiger partial charge on any atom is -0.341 e. The Morgan fingerprint density at radius 3 is 2.88 bits per heavy atom. The maximum absolute atomic E-state index is 13.1. The van der Waals surface area contributed by atoms with E-state index in [0.717, 1.165) is 31.4 Å². The first-order valence-corrected chi connectivity index (χ1v) is 9.18. The minimum absolute atomic E-state index is 0.0477. The molecule has 2 amide bonds. The first-order chi connectivity index (χ1) is 12.1. The van der Waals surface area contributed by atoms with Crippen LogP contribution in [0.1, 0.15) is 37.7 Å². The van der Waals surface area contributed by atoms with Gasteiger partial charge in [-0.2, -0.15) is 0 Å². The van der Waals surface area contributed by atoms with Gasteiger partial charge in [-0.05, 0) is 43.7 Å². The maximum Gasteiger partial charge on any atom is 0.230 e. The summed E-state index contributed by atoms with van der Waals surface area (Å²) in [5.74, 6) is 0.0328. The number of carbonyl (C=O) groups is 2. The monoisotopic (exact) mass is 345 g/mol. The van der Waals surface area contributed by atoms with Crippen molar-refractivity contribution in [1.82, 2.24) is 14.8 Å². The first kappa shape index (κ1) is 16.5. The normalized spacial score (nSPS) is 32.1. The van der Waals surface area contributed by atoms with E-state index in [0.29, 0.717) is 32.5 Å². The van der Waals surface area contributed by atoms with Gasteiger partial charge in [0.2, 0.25) is 11.8 Å². The van der Waals surface area contributed by atoms with Gasteiger partial charge in [0.25, 0.3) is 0 Å². The van der Waals surface area contributed by atoms with E-state index >= 15 is 0 Å². The number of carbonyl (C=O) groups excluding carboxylic acids is 2. The molecular formula is C19H24FN3O2. The van der Waals surface area contributed by atoms with E-state index in [2.05, 4.69) is 4.98 Å². The molecule has 3 fully saturated rings. The number of nitrogens with zero attached hydrogens (tertiary/aromatic N) is 3. The Morgan fingerprint density at radius 1 is 1.32 bits per heavy atom. The third-order valence-corrected chi connectivity index (χ3v) is 6.02. The number of hydrogen-bond acceptors (Lipinski definition) is 3. The van der Waals surface area contributed by atoms with Crippen LogP contribution in [0.4, 0.5) is 4.39 Å². The molecule has 1 atom stereocenters. The minimum atomic E-state index is -0.823. The fourth-order valence-electron chi connectivity index (χ4n) is 4.46. The summed E-state index contributed by atoms with van der Waals surface area (Å²) in [7, 11) is 0. The lowest BCUT2D eigenvalue weighted by molar-refractivity contribution is -0.148. The molecule has 3 heterocycles. The summed E-state index contributed by atoms with van der Waals surface area (Å²) in [6.45, 7) is 2.51. The highest BCUT2D eigenvalue weighted by Gasteiger charge is 2.50. The fourth-order valence-corrected chi connectivity index (χ4v) is 4.46. The van der Waals surface area contributed by atoms with E-state index in [9.17, 15) is 14.0 Å². The highest BCUT2D eigenvalue weighted by atomic mass is 19.1. The number of rotatable bonds is 3. The lowest BCUT2D eigenvalue weighted by atomic mass is 9.76. The molecule has 4 rings (SSSR count). The lowest BCUT2D eigenvalue weighted by Crippen LogP contribution is -2.52. The predicted octanol–water partition coefficient (Wildman–Crippen LogP) is 2.17. The molecule has 1 aromatic rings. The smallest absolute Gasteiger partial charge is 0.230 e. The zero-order valence-corrected chi connectivity index (χ0v) is 14.4. The van der Waals surface area contributed by atoms with E-state index in [1.54, 1.807) is 12.4 Å². The van der Waals surface area contributed by atoms with Crippen molar-refractivity contribution in [3.8, 4) is 0 Å². The molecule has 2 saturated heterocycles. The second kappa shape index (κ2) is 6.39. The van der Waals surface area contributed by atoms with E-state index < -0.39 is 11.6 Å². The van der Waals surface area contributed by atoms with Gasteiger partial charge >= 0.3 is 0 Å². The molecule has 0 bridgehead atoms. The summed E-state index contributed by atoms with van der Waals surface area (Å²) in [6, 6.07) is 3.86. The Hall–Kier alpha value is -1.98. The molecule has 1 spiro atoms. The summed E-state index contributed by atoms with van der Waals surface area (Å²) in [5, 5.41) is 0. The molecule has 6 heteroatoms. The van der Waals surface area contributed by atoms with Crippen molar-refractivity contribution in [3.63, 3.8) is 0 Å². The second-order valence-electron chi connectivity index (χ2n) is 7.75. The van der Waals surface area contributed by atoms with E-state index in [4.69, 9.17) is 0 Å². The maximum atomic E-state index is 13.1. The van der Waals surface area contributed by atoms with Crippen molar-refractivity contribution in [3.05, 3.63) is 30.1 Å². The Labute approximate surface area is 147 Å². The van der Waals surface area contributed by atoms with Crippen LogP contribution in [0.15, 0.2) is 24.5 Å². The summed E-state index contributed by atoms with van der Waals surface area (Å²) < 4.78 is 13.1. The van der Waals surface area contributed by atoms with E-state index in [1.165, 1.54) is 0 Å². The van der Waals surface area contributed by atoms with Crippen LogP contribution in [0.3, 0.4) is 0 Å². The molecule has 3 aliphatic rings. The van der Waals surface area contributed by atoms with Crippen LogP contribution in [-0.4, -0.2) is 52.4 Å². The Kier molecular flexibility index (Phi) is 4.21.